The fourth-order valence-electron chi connectivity index (χ4n) is 2.99. The quantitative estimate of drug-likeness (QED) is 0.865. The molecule has 6 nitrogen and oxygen atoms in total. The van der Waals surface area contributed by atoms with Gasteiger partial charge in [-0.05, 0) is 37.3 Å². The van der Waals surface area contributed by atoms with E-state index in [0.717, 1.165) is 43.7 Å². The van der Waals surface area contributed by atoms with E-state index in [2.05, 4.69) is 15.1 Å². The first-order valence-electron chi connectivity index (χ1n) is 7.83. The number of amides is 1. The first-order valence-corrected chi connectivity index (χ1v) is 7.83. The van der Waals surface area contributed by atoms with Gasteiger partial charge in [0.15, 0.2) is 5.82 Å². The molecule has 2 aromatic rings. The van der Waals surface area contributed by atoms with Crippen molar-refractivity contribution < 1.29 is 9.32 Å². The Morgan fingerprint density at radius 1 is 1.36 bits per heavy atom. The first kappa shape index (κ1) is 13.4. The van der Waals surface area contributed by atoms with Crippen molar-refractivity contribution >= 4 is 5.91 Å². The van der Waals surface area contributed by atoms with Crippen LogP contribution in [0.1, 0.15) is 54.9 Å². The molecule has 0 bridgehead atoms. The van der Waals surface area contributed by atoms with Crippen LogP contribution < -0.4 is 0 Å². The molecule has 1 saturated carbocycles. The van der Waals surface area contributed by atoms with Crippen LogP contribution in [0.25, 0.3) is 0 Å². The molecule has 114 valence electrons. The number of carbonyl (C=O) groups is 1. The monoisotopic (exact) mass is 298 g/mol. The molecule has 0 N–H and O–H groups in total. The maximum atomic E-state index is 12.6. The zero-order chi connectivity index (χ0) is 14.9. The number of hydrogen-bond acceptors (Lipinski definition) is 5. The molecule has 2 fully saturated rings. The van der Waals surface area contributed by atoms with Gasteiger partial charge in [0, 0.05) is 24.9 Å². The van der Waals surface area contributed by atoms with Gasteiger partial charge in [0.05, 0.1) is 12.5 Å². The predicted octanol–water partition coefficient (Wildman–Crippen LogP) is 2.25. The minimum absolute atomic E-state index is 0.0413. The average Bonchev–Trinajstić information content (AvgIpc) is 3.08. The van der Waals surface area contributed by atoms with Gasteiger partial charge in [0.25, 0.3) is 0 Å². The molecule has 0 aromatic carbocycles. The molecule has 0 radical (unpaired) electrons. The molecular weight excluding hydrogens is 280 g/mol. The van der Waals surface area contributed by atoms with E-state index < -0.39 is 0 Å². The number of carbonyl (C=O) groups excluding carboxylic acids is 1. The lowest BCUT2D eigenvalue weighted by Crippen LogP contribution is -2.32. The van der Waals surface area contributed by atoms with Crippen molar-refractivity contribution in [2.24, 2.45) is 0 Å². The standard InChI is InChI=1S/C16H18N4O2/c21-14(9-11-3-1-7-17-10-11)20-8-2-4-13(20)15-18-16(22-19-15)12-5-6-12/h1,3,7,10,12-13H,2,4-6,8-9H2. The molecule has 0 spiro atoms. The van der Waals surface area contributed by atoms with Crippen LogP contribution in [0.5, 0.6) is 0 Å². The fraction of sp³-hybridized carbons (Fsp3) is 0.500. The van der Waals surface area contributed by atoms with E-state index in [0.29, 0.717) is 18.2 Å². The van der Waals surface area contributed by atoms with E-state index >= 15 is 0 Å². The molecule has 1 saturated heterocycles. The smallest absolute Gasteiger partial charge is 0.229 e. The summed E-state index contributed by atoms with van der Waals surface area (Å²) in [4.78, 5) is 23.0. The molecule has 1 atom stereocenters. The van der Waals surface area contributed by atoms with Crippen molar-refractivity contribution in [1.29, 1.82) is 0 Å². The van der Waals surface area contributed by atoms with Crippen LogP contribution in [0.4, 0.5) is 0 Å². The number of rotatable bonds is 4. The van der Waals surface area contributed by atoms with Crippen LogP contribution in [-0.4, -0.2) is 32.5 Å². The number of nitrogens with zero attached hydrogens (tertiary/aromatic N) is 4. The van der Waals surface area contributed by atoms with E-state index in [1.807, 2.05) is 17.0 Å². The molecule has 1 unspecified atom stereocenters. The molecule has 2 aromatic heterocycles. The van der Waals surface area contributed by atoms with Crippen LogP contribution >= 0.6 is 0 Å². The predicted molar refractivity (Wildman–Crippen MR) is 77.9 cm³/mol. The maximum Gasteiger partial charge on any atom is 0.229 e. The molecule has 22 heavy (non-hydrogen) atoms. The van der Waals surface area contributed by atoms with E-state index in [4.69, 9.17) is 4.52 Å². The van der Waals surface area contributed by atoms with Gasteiger partial charge in [-0.25, -0.2) is 0 Å². The third-order valence-corrected chi connectivity index (χ3v) is 4.33. The third kappa shape index (κ3) is 2.61. The molecule has 1 aliphatic heterocycles. The summed E-state index contributed by atoms with van der Waals surface area (Å²) >= 11 is 0. The van der Waals surface area contributed by atoms with Crippen molar-refractivity contribution in [3.05, 3.63) is 41.8 Å². The maximum absolute atomic E-state index is 12.6. The molecule has 6 heteroatoms. The van der Waals surface area contributed by atoms with Gasteiger partial charge in [-0.1, -0.05) is 11.2 Å². The molecule has 1 aliphatic carbocycles. The van der Waals surface area contributed by atoms with E-state index in [-0.39, 0.29) is 11.9 Å². The van der Waals surface area contributed by atoms with E-state index in [1.54, 1.807) is 12.4 Å². The van der Waals surface area contributed by atoms with Crippen LogP contribution in [0.2, 0.25) is 0 Å². The molecular formula is C16H18N4O2. The highest BCUT2D eigenvalue weighted by Gasteiger charge is 2.35. The lowest BCUT2D eigenvalue weighted by molar-refractivity contribution is -0.131. The van der Waals surface area contributed by atoms with Crippen molar-refractivity contribution in [3.8, 4) is 0 Å². The van der Waals surface area contributed by atoms with Crippen LogP contribution in [0, 0.1) is 0 Å². The van der Waals surface area contributed by atoms with Crippen molar-refractivity contribution in [1.82, 2.24) is 20.0 Å². The van der Waals surface area contributed by atoms with Gasteiger partial charge in [-0.2, -0.15) is 4.98 Å². The second-order valence-corrected chi connectivity index (χ2v) is 6.05. The number of aromatic nitrogens is 3. The summed E-state index contributed by atoms with van der Waals surface area (Å²) in [7, 11) is 0. The second-order valence-electron chi connectivity index (χ2n) is 6.05. The lowest BCUT2D eigenvalue weighted by atomic mass is 10.1. The van der Waals surface area contributed by atoms with Crippen LogP contribution in [0.3, 0.4) is 0 Å². The Hall–Kier alpha value is -2.24. The minimum atomic E-state index is -0.0413. The Morgan fingerprint density at radius 3 is 3.05 bits per heavy atom. The van der Waals surface area contributed by atoms with E-state index in [9.17, 15) is 4.79 Å². The SMILES string of the molecule is O=C(Cc1cccnc1)N1CCCC1c1noc(C2CC2)n1. The zero-order valence-electron chi connectivity index (χ0n) is 12.3. The summed E-state index contributed by atoms with van der Waals surface area (Å²) in [5.41, 5.74) is 0.935. The highest BCUT2D eigenvalue weighted by atomic mass is 16.5. The summed E-state index contributed by atoms with van der Waals surface area (Å²) in [5.74, 6) is 1.95. The highest BCUT2D eigenvalue weighted by molar-refractivity contribution is 5.79. The molecule has 4 rings (SSSR count). The summed E-state index contributed by atoms with van der Waals surface area (Å²) < 4.78 is 5.34. The first-order chi connectivity index (χ1) is 10.8. The van der Waals surface area contributed by atoms with Crippen molar-refractivity contribution in [2.75, 3.05) is 6.54 Å². The van der Waals surface area contributed by atoms with Crippen LogP contribution in [0.15, 0.2) is 29.0 Å². The normalized spacial score (nSPS) is 21.3. The topological polar surface area (TPSA) is 72.1 Å². The van der Waals surface area contributed by atoms with Crippen molar-refractivity contribution in [2.45, 2.75) is 44.1 Å². The Kier molecular flexibility index (Phi) is 3.36. The molecule has 3 heterocycles. The Morgan fingerprint density at radius 2 is 2.27 bits per heavy atom. The number of likely N-dealkylation sites (tertiary alicyclic amines) is 1. The van der Waals surface area contributed by atoms with E-state index in [1.165, 1.54) is 0 Å². The lowest BCUT2D eigenvalue weighted by Gasteiger charge is -2.22. The number of hydrogen-bond donors (Lipinski definition) is 0. The van der Waals surface area contributed by atoms with Gasteiger partial charge < -0.3 is 9.42 Å². The summed E-state index contributed by atoms with van der Waals surface area (Å²) in [5, 5.41) is 4.11. The second kappa shape index (κ2) is 5.51. The Balaban J connectivity index is 1.48. The Bertz CT molecular complexity index is 666. The van der Waals surface area contributed by atoms with Gasteiger partial charge in [0.1, 0.15) is 0 Å². The average molecular weight is 298 g/mol. The van der Waals surface area contributed by atoms with Crippen molar-refractivity contribution in [3.63, 3.8) is 0 Å². The Labute approximate surface area is 128 Å². The van der Waals surface area contributed by atoms with Gasteiger partial charge in [0.2, 0.25) is 11.8 Å². The van der Waals surface area contributed by atoms with Crippen LogP contribution in [-0.2, 0) is 11.2 Å². The van der Waals surface area contributed by atoms with Gasteiger partial charge in [-0.15, -0.1) is 0 Å². The minimum Gasteiger partial charge on any atom is -0.339 e. The molecule has 2 aliphatic rings. The van der Waals surface area contributed by atoms with Gasteiger partial charge in [-0.3, -0.25) is 9.78 Å². The molecule has 1 amide bonds. The van der Waals surface area contributed by atoms with Gasteiger partial charge >= 0.3 is 0 Å². The number of pyridine rings is 1. The summed E-state index contributed by atoms with van der Waals surface area (Å²) in [6, 6.07) is 3.74. The highest BCUT2D eigenvalue weighted by Crippen LogP contribution is 2.40. The summed E-state index contributed by atoms with van der Waals surface area (Å²) in [6.45, 7) is 0.761. The fourth-order valence-corrected chi connectivity index (χ4v) is 2.99. The third-order valence-electron chi connectivity index (χ3n) is 4.33. The largest absolute Gasteiger partial charge is 0.339 e. The zero-order valence-corrected chi connectivity index (χ0v) is 12.3. The summed E-state index contributed by atoms with van der Waals surface area (Å²) in [6.07, 6.45) is 7.98.